The lowest BCUT2D eigenvalue weighted by atomic mass is 9.75. The predicted molar refractivity (Wildman–Crippen MR) is 55.3 cm³/mol. The second kappa shape index (κ2) is 2.03. The van der Waals surface area contributed by atoms with Gasteiger partial charge in [0.25, 0.3) is 0 Å². The Bertz CT molecular complexity index is 246. The van der Waals surface area contributed by atoms with Crippen molar-refractivity contribution in [2.45, 2.75) is 39.2 Å². The van der Waals surface area contributed by atoms with Crippen molar-refractivity contribution in [2.75, 3.05) is 7.05 Å². The zero-order valence-electron chi connectivity index (χ0n) is 8.35. The van der Waals surface area contributed by atoms with E-state index in [9.17, 15) is 0 Å². The minimum absolute atomic E-state index is 0.328. The summed E-state index contributed by atoms with van der Waals surface area (Å²) < 4.78 is 0. The van der Waals surface area contributed by atoms with Gasteiger partial charge >= 0.3 is 0 Å². The summed E-state index contributed by atoms with van der Waals surface area (Å²) in [6.07, 6.45) is 2.61. The summed E-state index contributed by atoms with van der Waals surface area (Å²) in [7, 11) is 2.16. The Labute approximate surface area is 80.1 Å². The number of thiocarbonyl (C=S) groups is 1. The quantitative estimate of drug-likeness (QED) is 0.531. The highest BCUT2D eigenvalue weighted by molar-refractivity contribution is 7.80. The summed E-state index contributed by atoms with van der Waals surface area (Å²) in [4.78, 5) is 3.52. The molecule has 2 rings (SSSR count). The first-order chi connectivity index (χ1) is 5.41. The van der Waals surface area contributed by atoms with Gasteiger partial charge in [0.1, 0.15) is 0 Å². The largest absolute Gasteiger partial charge is 0.363 e. The Morgan fingerprint density at radius 2 is 2.00 bits per heavy atom. The van der Waals surface area contributed by atoms with Gasteiger partial charge in [-0.2, -0.15) is 0 Å². The Hall–Kier alpha value is -0.110. The van der Waals surface area contributed by atoms with Crippen LogP contribution >= 0.6 is 12.2 Å². The average molecular weight is 183 g/mol. The maximum absolute atomic E-state index is 5.44. The topological polar surface area (TPSA) is 3.24 Å². The maximum atomic E-state index is 5.44. The highest BCUT2D eigenvalue weighted by Gasteiger charge is 2.61. The molecule has 0 aromatic heterocycles. The molecule has 0 N–H and O–H groups in total. The Morgan fingerprint density at radius 1 is 1.42 bits per heavy atom. The van der Waals surface area contributed by atoms with Crippen molar-refractivity contribution in [3.05, 3.63) is 0 Å². The minimum atomic E-state index is 0.328. The van der Waals surface area contributed by atoms with E-state index in [1.54, 1.807) is 0 Å². The third kappa shape index (κ3) is 0.642. The normalized spacial score (nSPS) is 44.2. The molecule has 2 aliphatic rings. The van der Waals surface area contributed by atoms with Gasteiger partial charge in [-0.05, 0) is 25.2 Å². The molecule has 0 spiro atoms. The number of likely N-dealkylation sites (tertiary alicyclic amines) is 1. The van der Waals surface area contributed by atoms with E-state index in [-0.39, 0.29) is 0 Å². The second-order valence-electron chi connectivity index (χ2n) is 4.98. The molecule has 1 saturated heterocycles. The molecular weight excluding hydrogens is 166 g/mol. The second-order valence-corrected chi connectivity index (χ2v) is 5.40. The van der Waals surface area contributed by atoms with Crippen LogP contribution in [-0.4, -0.2) is 22.5 Å². The van der Waals surface area contributed by atoms with E-state index in [0.29, 0.717) is 16.9 Å². The number of nitrogens with zero attached hydrogens (tertiary/aromatic N) is 1. The first-order valence-electron chi connectivity index (χ1n) is 4.69. The van der Waals surface area contributed by atoms with Crippen molar-refractivity contribution in [1.82, 2.24) is 4.90 Å². The number of rotatable bonds is 0. The van der Waals surface area contributed by atoms with Gasteiger partial charge in [0.15, 0.2) is 0 Å². The molecule has 2 heteroatoms. The fourth-order valence-electron chi connectivity index (χ4n) is 2.99. The summed E-state index contributed by atoms with van der Waals surface area (Å²) in [5.41, 5.74) is 0.716. The lowest BCUT2D eigenvalue weighted by molar-refractivity contribution is 0.130. The molecule has 1 aliphatic heterocycles. The van der Waals surface area contributed by atoms with Gasteiger partial charge < -0.3 is 4.90 Å². The van der Waals surface area contributed by atoms with Crippen molar-refractivity contribution in [3.8, 4) is 0 Å². The van der Waals surface area contributed by atoms with Crippen molar-refractivity contribution in [2.24, 2.45) is 11.3 Å². The zero-order chi connectivity index (χ0) is 9.15. The van der Waals surface area contributed by atoms with Crippen LogP contribution in [0.2, 0.25) is 0 Å². The van der Waals surface area contributed by atoms with Crippen LogP contribution in [0.15, 0.2) is 0 Å². The molecule has 2 fully saturated rings. The molecule has 0 amide bonds. The molecule has 2 bridgehead atoms. The Kier molecular flexibility index (Phi) is 1.44. The Balaban J connectivity index is 2.50. The van der Waals surface area contributed by atoms with Crippen LogP contribution in [0.3, 0.4) is 0 Å². The third-order valence-corrected chi connectivity index (χ3v) is 5.11. The number of hydrogen-bond acceptors (Lipinski definition) is 1. The monoisotopic (exact) mass is 183 g/mol. The van der Waals surface area contributed by atoms with Gasteiger partial charge in [-0.25, -0.2) is 0 Å². The summed E-state index contributed by atoms with van der Waals surface area (Å²) in [5.74, 6) is 0.655. The smallest absolute Gasteiger partial charge is 0.0819 e. The van der Waals surface area contributed by atoms with Gasteiger partial charge in [-0.15, -0.1) is 0 Å². The van der Waals surface area contributed by atoms with Crippen molar-refractivity contribution < 1.29 is 0 Å². The van der Waals surface area contributed by atoms with Crippen LogP contribution in [0, 0.1) is 11.3 Å². The van der Waals surface area contributed by atoms with Crippen LogP contribution in [-0.2, 0) is 0 Å². The summed E-state index contributed by atoms with van der Waals surface area (Å²) in [5, 5.41) is 0. The van der Waals surface area contributed by atoms with E-state index in [2.05, 4.69) is 32.7 Å². The fraction of sp³-hybridized carbons (Fsp3) is 0.900. The highest BCUT2D eigenvalue weighted by atomic mass is 32.1. The molecular formula is C10H17NS. The number of hydrogen-bond donors (Lipinski definition) is 0. The predicted octanol–water partition coefficient (Wildman–Crippen LogP) is 2.45. The van der Waals surface area contributed by atoms with Crippen LogP contribution < -0.4 is 0 Å². The molecule has 12 heavy (non-hydrogen) atoms. The summed E-state index contributed by atoms with van der Waals surface area (Å²) >= 11 is 5.44. The summed E-state index contributed by atoms with van der Waals surface area (Å²) in [6.45, 7) is 7.08. The molecule has 2 unspecified atom stereocenters. The van der Waals surface area contributed by atoms with Crippen molar-refractivity contribution >= 4 is 17.2 Å². The van der Waals surface area contributed by atoms with Gasteiger partial charge in [-0.1, -0.05) is 26.1 Å². The first-order valence-corrected chi connectivity index (χ1v) is 5.10. The van der Waals surface area contributed by atoms with E-state index in [1.165, 1.54) is 17.8 Å². The maximum Gasteiger partial charge on any atom is 0.0819 e. The minimum Gasteiger partial charge on any atom is -0.363 e. The van der Waals surface area contributed by atoms with Crippen molar-refractivity contribution in [1.29, 1.82) is 0 Å². The molecule has 0 aromatic carbocycles. The van der Waals surface area contributed by atoms with Crippen molar-refractivity contribution in [3.63, 3.8) is 0 Å². The average Bonchev–Trinajstić information content (AvgIpc) is 2.26. The number of fused-ring (bicyclic) bond motifs is 2. The SMILES string of the molecule is CN1C(=S)C2CCC1(C)C2(C)C. The summed E-state index contributed by atoms with van der Waals surface area (Å²) in [6, 6.07) is 0. The van der Waals surface area contributed by atoms with Gasteiger partial charge in [0.05, 0.1) is 4.99 Å². The molecule has 1 aliphatic carbocycles. The van der Waals surface area contributed by atoms with E-state index < -0.39 is 0 Å². The molecule has 2 atom stereocenters. The molecule has 1 saturated carbocycles. The van der Waals surface area contributed by atoms with E-state index >= 15 is 0 Å². The van der Waals surface area contributed by atoms with Crippen LogP contribution in [0.1, 0.15) is 33.6 Å². The molecule has 0 radical (unpaired) electrons. The highest BCUT2D eigenvalue weighted by Crippen LogP contribution is 2.59. The Morgan fingerprint density at radius 3 is 2.25 bits per heavy atom. The zero-order valence-corrected chi connectivity index (χ0v) is 9.16. The van der Waals surface area contributed by atoms with Crippen LogP contribution in [0.5, 0.6) is 0 Å². The molecule has 0 aromatic rings. The van der Waals surface area contributed by atoms with E-state index in [1.807, 2.05) is 0 Å². The van der Waals surface area contributed by atoms with Gasteiger partial charge in [0.2, 0.25) is 0 Å². The van der Waals surface area contributed by atoms with Crippen LogP contribution in [0.4, 0.5) is 0 Å². The fourth-order valence-corrected chi connectivity index (χ4v) is 3.61. The van der Waals surface area contributed by atoms with E-state index in [0.717, 1.165) is 0 Å². The first kappa shape index (κ1) is 8.49. The van der Waals surface area contributed by atoms with E-state index in [4.69, 9.17) is 12.2 Å². The third-order valence-electron chi connectivity index (χ3n) is 4.55. The standard InChI is InChI=1S/C10H17NS/c1-9(2)7-5-6-10(9,3)11(4)8(7)12/h7H,5-6H2,1-4H3. The van der Waals surface area contributed by atoms with Gasteiger partial charge in [0, 0.05) is 18.5 Å². The lowest BCUT2D eigenvalue weighted by Crippen LogP contribution is -2.46. The molecule has 1 heterocycles. The molecule has 1 nitrogen and oxygen atoms in total. The molecule has 68 valence electrons. The van der Waals surface area contributed by atoms with Crippen LogP contribution in [0.25, 0.3) is 0 Å². The lowest BCUT2D eigenvalue weighted by Gasteiger charge is -2.40. The van der Waals surface area contributed by atoms with Gasteiger partial charge in [-0.3, -0.25) is 0 Å². The number of piperidine rings is 1.